The van der Waals surface area contributed by atoms with Gasteiger partial charge in [-0.3, -0.25) is 4.79 Å². The third-order valence-corrected chi connectivity index (χ3v) is 6.66. The summed E-state index contributed by atoms with van der Waals surface area (Å²) in [5.74, 6) is -1.07. The number of piperazine rings is 1. The van der Waals surface area contributed by atoms with Gasteiger partial charge in [-0.15, -0.1) is 11.3 Å². The van der Waals surface area contributed by atoms with Crippen LogP contribution in [0.1, 0.15) is 15.4 Å². The molecule has 1 aliphatic rings. The van der Waals surface area contributed by atoms with E-state index >= 15 is 0 Å². The first-order valence-electron chi connectivity index (χ1n) is 10.1. The predicted molar refractivity (Wildman–Crippen MR) is 123 cm³/mol. The molecule has 1 aliphatic heterocycles. The Morgan fingerprint density at radius 1 is 1.06 bits per heavy atom. The molecule has 4 rings (SSSR count). The Balaban J connectivity index is 1.30. The fraction of sp³-hybridized carbons (Fsp3) is 0.261. The zero-order valence-electron chi connectivity index (χ0n) is 17.4. The molecule has 0 radical (unpaired) electrons. The Labute approximate surface area is 194 Å². The smallest absolute Gasteiger partial charge is 0.350 e. The van der Waals surface area contributed by atoms with Gasteiger partial charge in [0, 0.05) is 42.5 Å². The van der Waals surface area contributed by atoms with Crippen LogP contribution in [0.2, 0.25) is 5.02 Å². The number of hydrogen-bond acceptors (Lipinski definition) is 6. The number of anilines is 1. The van der Waals surface area contributed by atoms with E-state index in [2.05, 4.69) is 9.88 Å². The molecule has 0 N–H and O–H groups in total. The minimum absolute atomic E-state index is 0.239. The number of benzene rings is 2. The molecule has 32 heavy (non-hydrogen) atoms. The molecule has 6 nitrogen and oxygen atoms in total. The summed E-state index contributed by atoms with van der Waals surface area (Å²) in [6.45, 7) is 3.70. The second-order valence-electron chi connectivity index (χ2n) is 7.36. The first-order chi connectivity index (χ1) is 15.4. The highest BCUT2D eigenvalue weighted by Gasteiger charge is 2.24. The number of ether oxygens (including phenoxy) is 1. The molecule has 3 aromatic rings. The summed E-state index contributed by atoms with van der Waals surface area (Å²) in [5.41, 5.74) is 2.34. The number of halogens is 2. The molecule has 166 valence electrons. The largest absolute Gasteiger partial charge is 0.451 e. The van der Waals surface area contributed by atoms with Gasteiger partial charge < -0.3 is 14.5 Å². The van der Waals surface area contributed by atoms with Gasteiger partial charge in [-0.05, 0) is 43.3 Å². The van der Waals surface area contributed by atoms with Crippen molar-refractivity contribution in [3.05, 3.63) is 69.9 Å². The highest BCUT2D eigenvalue weighted by molar-refractivity contribution is 7.17. The molecule has 0 bridgehead atoms. The van der Waals surface area contributed by atoms with Crippen molar-refractivity contribution in [2.45, 2.75) is 6.92 Å². The number of carbonyl (C=O) groups is 2. The quantitative estimate of drug-likeness (QED) is 0.513. The summed E-state index contributed by atoms with van der Waals surface area (Å²) < 4.78 is 18.4. The maximum atomic E-state index is 13.1. The third kappa shape index (κ3) is 5.08. The number of esters is 1. The fourth-order valence-corrected chi connectivity index (χ4v) is 4.54. The van der Waals surface area contributed by atoms with E-state index in [0.717, 1.165) is 11.3 Å². The van der Waals surface area contributed by atoms with E-state index in [9.17, 15) is 14.0 Å². The van der Waals surface area contributed by atoms with Crippen LogP contribution in [0.15, 0.2) is 48.5 Å². The molecule has 0 atom stereocenters. The molecule has 1 fully saturated rings. The molecule has 1 saturated heterocycles. The Kier molecular flexibility index (Phi) is 6.72. The number of hydrogen-bond donors (Lipinski definition) is 0. The molecular formula is C23H21ClFN3O3S. The van der Waals surface area contributed by atoms with Gasteiger partial charge in [-0.25, -0.2) is 14.2 Å². The Morgan fingerprint density at radius 2 is 1.72 bits per heavy atom. The molecule has 2 heterocycles. The van der Waals surface area contributed by atoms with E-state index in [4.69, 9.17) is 16.3 Å². The molecule has 0 spiro atoms. The molecule has 2 aromatic carbocycles. The van der Waals surface area contributed by atoms with Gasteiger partial charge in [0.25, 0.3) is 5.91 Å². The molecular weight excluding hydrogens is 453 g/mol. The summed E-state index contributed by atoms with van der Waals surface area (Å²) in [6.07, 6.45) is 0. The molecule has 9 heteroatoms. The van der Waals surface area contributed by atoms with Gasteiger partial charge in [0.15, 0.2) is 6.61 Å². The fourth-order valence-electron chi connectivity index (χ4n) is 3.45. The van der Waals surface area contributed by atoms with E-state index in [1.807, 2.05) is 12.1 Å². The molecule has 0 unspecified atom stereocenters. The van der Waals surface area contributed by atoms with Crippen molar-refractivity contribution in [2.75, 3.05) is 37.7 Å². The van der Waals surface area contributed by atoms with E-state index in [1.54, 1.807) is 36.1 Å². The SMILES string of the molecule is Cc1nc(-c2ccc(Cl)cc2)sc1C(=O)OCC(=O)N1CCN(c2ccc(F)cc2)CC1. The van der Waals surface area contributed by atoms with Crippen LogP contribution >= 0.6 is 22.9 Å². The van der Waals surface area contributed by atoms with Crippen molar-refractivity contribution in [1.82, 2.24) is 9.88 Å². The number of aromatic nitrogens is 1. The van der Waals surface area contributed by atoms with Gasteiger partial charge in [0.05, 0.1) is 5.69 Å². The van der Waals surface area contributed by atoms with Crippen LogP contribution in [0.25, 0.3) is 10.6 Å². The maximum Gasteiger partial charge on any atom is 0.350 e. The second-order valence-corrected chi connectivity index (χ2v) is 8.80. The van der Waals surface area contributed by atoms with E-state index in [0.29, 0.717) is 46.8 Å². The minimum atomic E-state index is -0.557. The Morgan fingerprint density at radius 3 is 2.38 bits per heavy atom. The highest BCUT2D eigenvalue weighted by atomic mass is 35.5. The number of amides is 1. The van der Waals surface area contributed by atoms with Gasteiger partial charge in [0.2, 0.25) is 0 Å². The molecule has 1 amide bonds. The van der Waals surface area contributed by atoms with Crippen molar-refractivity contribution in [3.63, 3.8) is 0 Å². The van der Waals surface area contributed by atoms with E-state index < -0.39 is 5.97 Å². The lowest BCUT2D eigenvalue weighted by atomic mass is 10.2. The van der Waals surface area contributed by atoms with Crippen LogP contribution in [-0.4, -0.2) is 54.5 Å². The van der Waals surface area contributed by atoms with Crippen LogP contribution in [0.5, 0.6) is 0 Å². The highest BCUT2D eigenvalue weighted by Crippen LogP contribution is 2.29. The van der Waals surface area contributed by atoms with Crippen molar-refractivity contribution < 1.29 is 18.7 Å². The molecule has 0 aliphatic carbocycles. The van der Waals surface area contributed by atoms with Crippen LogP contribution in [0.4, 0.5) is 10.1 Å². The van der Waals surface area contributed by atoms with Crippen LogP contribution in [0, 0.1) is 12.7 Å². The predicted octanol–water partition coefficient (Wildman–Crippen LogP) is 4.42. The van der Waals surface area contributed by atoms with E-state index in [-0.39, 0.29) is 18.3 Å². The van der Waals surface area contributed by atoms with Crippen molar-refractivity contribution in [3.8, 4) is 10.6 Å². The van der Waals surface area contributed by atoms with E-state index in [1.165, 1.54) is 23.5 Å². The molecule has 1 aromatic heterocycles. The Hall–Kier alpha value is -2.97. The standard InChI is InChI=1S/C23H21ClFN3O3S/c1-15-21(32-22(26-15)16-2-4-17(24)5-3-16)23(30)31-14-20(29)28-12-10-27(11-13-28)19-8-6-18(25)7-9-19/h2-9H,10-14H2,1H3. The van der Waals surface area contributed by atoms with Crippen LogP contribution in [0.3, 0.4) is 0 Å². The lowest BCUT2D eigenvalue weighted by molar-refractivity contribution is -0.134. The first kappa shape index (κ1) is 22.2. The lowest BCUT2D eigenvalue weighted by Gasteiger charge is -2.36. The van der Waals surface area contributed by atoms with Crippen molar-refractivity contribution >= 4 is 40.5 Å². The number of aryl methyl sites for hydroxylation is 1. The summed E-state index contributed by atoms with van der Waals surface area (Å²) >= 11 is 7.15. The molecule has 0 saturated carbocycles. The summed E-state index contributed by atoms with van der Waals surface area (Å²) in [5, 5.41) is 1.31. The van der Waals surface area contributed by atoms with Crippen LogP contribution < -0.4 is 4.90 Å². The zero-order valence-corrected chi connectivity index (χ0v) is 19.0. The lowest BCUT2D eigenvalue weighted by Crippen LogP contribution is -2.49. The van der Waals surface area contributed by atoms with Gasteiger partial charge in [-0.1, -0.05) is 23.7 Å². The Bertz CT molecular complexity index is 1110. The third-order valence-electron chi connectivity index (χ3n) is 5.22. The number of nitrogens with zero attached hydrogens (tertiary/aromatic N) is 3. The van der Waals surface area contributed by atoms with Crippen molar-refractivity contribution in [1.29, 1.82) is 0 Å². The summed E-state index contributed by atoms with van der Waals surface area (Å²) in [6, 6.07) is 13.5. The first-order valence-corrected chi connectivity index (χ1v) is 11.3. The number of thiazole rings is 1. The maximum absolute atomic E-state index is 13.1. The second kappa shape index (κ2) is 9.67. The van der Waals surface area contributed by atoms with Crippen LogP contribution in [-0.2, 0) is 9.53 Å². The number of rotatable bonds is 5. The van der Waals surface area contributed by atoms with Gasteiger partial charge in [-0.2, -0.15) is 0 Å². The zero-order chi connectivity index (χ0) is 22.7. The minimum Gasteiger partial charge on any atom is -0.451 e. The van der Waals surface area contributed by atoms with Gasteiger partial charge >= 0.3 is 5.97 Å². The monoisotopic (exact) mass is 473 g/mol. The number of carbonyl (C=O) groups excluding carboxylic acids is 2. The van der Waals surface area contributed by atoms with Gasteiger partial charge in [0.1, 0.15) is 15.7 Å². The summed E-state index contributed by atoms with van der Waals surface area (Å²) in [4.78, 5) is 33.6. The average molecular weight is 474 g/mol. The topological polar surface area (TPSA) is 62.7 Å². The average Bonchev–Trinajstić information content (AvgIpc) is 3.20. The van der Waals surface area contributed by atoms with Crippen molar-refractivity contribution in [2.24, 2.45) is 0 Å². The summed E-state index contributed by atoms with van der Waals surface area (Å²) in [7, 11) is 0. The normalized spacial score (nSPS) is 13.8.